The predicted octanol–water partition coefficient (Wildman–Crippen LogP) is 5.73. The molecule has 0 atom stereocenters. The van der Waals surface area contributed by atoms with Gasteiger partial charge in [-0.3, -0.25) is 9.59 Å². The van der Waals surface area contributed by atoms with Gasteiger partial charge in [0.2, 0.25) is 11.9 Å². The number of hydrogen-bond donors (Lipinski definition) is 3. The number of likely N-dealkylation sites (N-methyl/N-ethyl adjacent to an activating group) is 1. The number of nitrogens with zero attached hydrogens (tertiary/aromatic N) is 5. The Labute approximate surface area is 306 Å². The molecular formula is C37H40F2N8O5S. The fourth-order valence-electron chi connectivity index (χ4n) is 6.11. The minimum absolute atomic E-state index is 0.00955. The van der Waals surface area contributed by atoms with E-state index in [1.165, 1.54) is 37.6 Å². The molecule has 3 aromatic carbocycles. The van der Waals surface area contributed by atoms with E-state index in [1.807, 2.05) is 27.1 Å². The van der Waals surface area contributed by atoms with Crippen molar-refractivity contribution in [3.05, 3.63) is 89.1 Å². The number of anilines is 5. The van der Waals surface area contributed by atoms with E-state index in [2.05, 4.69) is 25.9 Å². The summed E-state index contributed by atoms with van der Waals surface area (Å²) >= 11 is 0. The largest absolute Gasteiger partial charge is 0.495 e. The highest BCUT2D eigenvalue weighted by Crippen LogP contribution is 2.39. The lowest BCUT2D eigenvalue weighted by molar-refractivity contribution is -0.119. The summed E-state index contributed by atoms with van der Waals surface area (Å²) in [5.41, 5.74) is 2.07. The Bertz CT molecular complexity index is 2330. The van der Waals surface area contributed by atoms with Crippen LogP contribution in [0.5, 0.6) is 5.75 Å². The van der Waals surface area contributed by atoms with Crippen LogP contribution in [-0.4, -0.2) is 79.4 Å². The fourth-order valence-corrected chi connectivity index (χ4v) is 7.41. The lowest BCUT2D eigenvalue weighted by Gasteiger charge is -2.31. The third-order valence-corrected chi connectivity index (χ3v) is 10.3. The lowest BCUT2D eigenvalue weighted by atomic mass is 10.00. The van der Waals surface area contributed by atoms with Crippen LogP contribution < -0.4 is 25.6 Å². The van der Waals surface area contributed by atoms with E-state index >= 15 is 4.39 Å². The molecule has 0 radical (unpaired) electrons. The molecule has 0 unspecified atom stereocenters. The van der Waals surface area contributed by atoms with Crippen molar-refractivity contribution in [2.45, 2.75) is 44.6 Å². The predicted molar refractivity (Wildman–Crippen MR) is 199 cm³/mol. The SMILES string of the molecule is COc1cc2c(cc1Nc1nc(Nc3ccc(F)c(F)c3C(=O)NC(C)C)c3ccn(S(=O)(=O)c4ccc(C)cc4)c3n1)N(C(=O)CN(C)C)CCC2. The number of fused-ring (bicyclic) bond motifs is 2. The maximum atomic E-state index is 15.3. The second kappa shape index (κ2) is 14.8. The van der Waals surface area contributed by atoms with Crippen molar-refractivity contribution in [1.29, 1.82) is 0 Å². The van der Waals surface area contributed by atoms with Crippen LogP contribution in [0.15, 0.2) is 65.7 Å². The standard InChI is InChI=1S/C37H40F2N8O5S/c1-21(2)40-36(49)32-27(14-13-26(38)33(32)39)41-34-25-15-17-47(53(50,51)24-11-9-22(3)10-12-24)35(25)44-37(43-34)42-28-19-29-23(18-30(28)52-6)8-7-16-46(29)31(48)20-45(4)5/h9-15,17-19,21H,7-8,16,20H2,1-6H3,(H,40,49)(H2,41,42,43,44). The summed E-state index contributed by atoms with van der Waals surface area (Å²) in [6.45, 7) is 5.92. The molecule has 0 saturated carbocycles. The minimum Gasteiger partial charge on any atom is -0.495 e. The van der Waals surface area contributed by atoms with E-state index in [9.17, 15) is 22.4 Å². The number of ether oxygens (including phenoxy) is 1. The smallest absolute Gasteiger partial charge is 0.269 e. The number of benzene rings is 3. The van der Waals surface area contributed by atoms with Gasteiger partial charge in [0, 0.05) is 24.5 Å². The minimum atomic E-state index is -4.19. The molecule has 13 nitrogen and oxygen atoms in total. The number of aryl methyl sites for hydroxylation is 2. The molecule has 53 heavy (non-hydrogen) atoms. The molecule has 0 fully saturated rings. The topological polar surface area (TPSA) is 151 Å². The lowest BCUT2D eigenvalue weighted by Crippen LogP contribution is -2.40. The molecule has 0 aliphatic carbocycles. The Hall–Kier alpha value is -5.61. The summed E-state index contributed by atoms with van der Waals surface area (Å²) in [6.07, 6.45) is 2.80. The van der Waals surface area contributed by atoms with Gasteiger partial charge in [-0.05, 0) is 95.7 Å². The van der Waals surface area contributed by atoms with E-state index < -0.39 is 33.1 Å². The van der Waals surface area contributed by atoms with Gasteiger partial charge in [-0.2, -0.15) is 9.97 Å². The number of hydrogen-bond acceptors (Lipinski definition) is 10. The fraction of sp³-hybridized carbons (Fsp3) is 0.297. The molecule has 3 heterocycles. The highest BCUT2D eigenvalue weighted by Gasteiger charge is 2.28. The van der Waals surface area contributed by atoms with Gasteiger partial charge in [0.25, 0.3) is 15.9 Å². The van der Waals surface area contributed by atoms with E-state index in [0.717, 1.165) is 34.0 Å². The number of rotatable bonds is 11. The Balaban J connectivity index is 1.52. The summed E-state index contributed by atoms with van der Waals surface area (Å²) in [4.78, 5) is 39.1. The normalized spacial score (nSPS) is 13.0. The molecule has 3 N–H and O–H groups in total. The van der Waals surface area contributed by atoms with Crippen molar-refractivity contribution in [3.8, 4) is 5.75 Å². The number of carbonyl (C=O) groups is 2. The average molecular weight is 747 g/mol. The van der Waals surface area contributed by atoms with E-state index in [-0.39, 0.29) is 51.9 Å². The number of carbonyl (C=O) groups excluding carboxylic acids is 2. The van der Waals surface area contributed by atoms with Crippen LogP contribution in [0.4, 0.5) is 37.6 Å². The van der Waals surface area contributed by atoms with E-state index in [1.54, 1.807) is 41.8 Å². The van der Waals surface area contributed by atoms with Crippen LogP contribution in [0.25, 0.3) is 11.0 Å². The van der Waals surface area contributed by atoms with Crippen LogP contribution in [0, 0.1) is 18.6 Å². The van der Waals surface area contributed by atoms with Gasteiger partial charge in [-0.1, -0.05) is 17.7 Å². The Kier molecular flexibility index (Phi) is 10.4. The molecule has 0 saturated heterocycles. The van der Waals surface area contributed by atoms with Crippen LogP contribution in [0.3, 0.4) is 0 Å². The molecule has 0 spiro atoms. The second-order valence-electron chi connectivity index (χ2n) is 13.3. The second-order valence-corrected chi connectivity index (χ2v) is 15.1. The van der Waals surface area contributed by atoms with Crippen LogP contribution in [-0.2, 0) is 21.2 Å². The van der Waals surface area contributed by atoms with Gasteiger partial charge in [0.1, 0.15) is 17.1 Å². The zero-order valence-corrected chi connectivity index (χ0v) is 30.9. The zero-order chi connectivity index (χ0) is 38.2. The van der Waals surface area contributed by atoms with E-state index in [0.29, 0.717) is 23.7 Å². The first kappa shape index (κ1) is 37.2. The van der Waals surface area contributed by atoms with Crippen molar-refractivity contribution >= 4 is 61.7 Å². The molecule has 16 heteroatoms. The molecule has 5 aromatic rings. The first-order valence-corrected chi connectivity index (χ1v) is 18.3. The van der Waals surface area contributed by atoms with Gasteiger partial charge < -0.3 is 30.5 Å². The Morgan fingerprint density at radius 1 is 1.00 bits per heavy atom. The maximum absolute atomic E-state index is 15.3. The van der Waals surface area contributed by atoms with Crippen molar-refractivity contribution < 1.29 is 31.5 Å². The molecule has 0 bridgehead atoms. The van der Waals surface area contributed by atoms with Crippen molar-refractivity contribution in [2.24, 2.45) is 0 Å². The van der Waals surface area contributed by atoms with Gasteiger partial charge in [0.05, 0.1) is 35.3 Å². The number of halogens is 2. The molecule has 6 rings (SSSR count). The van der Waals surface area contributed by atoms with Crippen LogP contribution in [0.1, 0.15) is 41.8 Å². The molecule has 1 aliphatic heterocycles. The molecular weight excluding hydrogens is 707 g/mol. The first-order chi connectivity index (χ1) is 25.2. The van der Waals surface area contributed by atoms with Crippen molar-refractivity contribution in [1.82, 2.24) is 24.2 Å². The number of nitrogens with one attached hydrogen (secondary N) is 3. The van der Waals surface area contributed by atoms with Gasteiger partial charge in [0.15, 0.2) is 17.3 Å². The Morgan fingerprint density at radius 2 is 1.74 bits per heavy atom. The third kappa shape index (κ3) is 7.50. The molecule has 278 valence electrons. The van der Waals surface area contributed by atoms with Gasteiger partial charge >= 0.3 is 0 Å². The highest BCUT2D eigenvalue weighted by atomic mass is 32.2. The number of aromatic nitrogens is 3. The third-order valence-electron chi connectivity index (χ3n) is 8.60. The number of methoxy groups -OCH3 is 1. The first-order valence-electron chi connectivity index (χ1n) is 16.9. The summed E-state index contributed by atoms with van der Waals surface area (Å²) in [5.74, 6) is -3.25. The zero-order valence-electron chi connectivity index (χ0n) is 30.1. The van der Waals surface area contributed by atoms with Crippen LogP contribution >= 0.6 is 0 Å². The number of amides is 2. The van der Waals surface area contributed by atoms with Crippen LogP contribution in [0.2, 0.25) is 0 Å². The average Bonchev–Trinajstić information content (AvgIpc) is 3.54. The summed E-state index contributed by atoms with van der Waals surface area (Å²) < 4.78 is 64.4. The van der Waals surface area contributed by atoms with Crippen molar-refractivity contribution in [3.63, 3.8) is 0 Å². The summed E-state index contributed by atoms with van der Waals surface area (Å²) in [7, 11) is 0.935. The maximum Gasteiger partial charge on any atom is 0.269 e. The monoisotopic (exact) mass is 746 g/mol. The van der Waals surface area contributed by atoms with Crippen molar-refractivity contribution in [2.75, 3.05) is 49.8 Å². The molecule has 2 amide bonds. The highest BCUT2D eigenvalue weighted by molar-refractivity contribution is 7.90. The molecule has 1 aliphatic rings. The summed E-state index contributed by atoms with van der Waals surface area (Å²) in [5, 5.41) is 8.85. The van der Waals surface area contributed by atoms with Gasteiger partial charge in [-0.15, -0.1) is 0 Å². The molecule has 2 aromatic heterocycles. The Morgan fingerprint density at radius 3 is 2.42 bits per heavy atom. The van der Waals surface area contributed by atoms with Gasteiger partial charge in [-0.25, -0.2) is 21.2 Å². The van der Waals surface area contributed by atoms with E-state index in [4.69, 9.17) is 4.74 Å². The quantitative estimate of drug-likeness (QED) is 0.153. The summed E-state index contributed by atoms with van der Waals surface area (Å²) in [6, 6.07) is 13.1.